The van der Waals surface area contributed by atoms with Crippen LogP contribution in [0.4, 0.5) is 10.5 Å². The van der Waals surface area contributed by atoms with Crippen molar-refractivity contribution in [3.8, 4) is 0 Å². The van der Waals surface area contributed by atoms with Crippen LogP contribution in [-0.2, 0) is 14.4 Å². The number of anilines is 1. The molecule has 5 amide bonds. The van der Waals surface area contributed by atoms with Crippen molar-refractivity contribution in [1.82, 2.24) is 9.80 Å². The van der Waals surface area contributed by atoms with Crippen molar-refractivity contribution in [3.05, 3.63) is 29.3 Å². The first-order chi connectivity index (χ1) is 11.8. The fourth-order valence-electron chi connectivity index (χ4n) is 2.47. The van der Waals surface area contributed by atoms with Crippen molar-refractivity contribution in [2.75, 3.05) is 32.1 Å². The Labute approximate surface area is 150 Å². The average molecular weight is 368 g/mol. The molecule has 1 heterocycles. The maximum Gasteiger partial charge on any atom is 0.338 e. The summed E-state index contributed by atoms with van der Waals surface area (Å²) < 4.78 is 0. The van der Waals surface area contributed by atoms with Gasteiger partial charge in [-0.1, -0.05) is 30.7 Å². The normalized spacial score (nSPS) is 15.7. The van der Waals surface area contributed by atoms with E-state index < -0.39 is 17.8 Å². The first-order valence-electron chi connectivity index (χ1n) is 7.88. The third kappa shape index (κ3) is 4.34. The second-order valence-electron chi connectivity index (χ2n) is 5.79. The number of likely N-dealkylation sites (N-methyl/N-ethyl adjacent to an activating group) is 1. The Morgan fingerprint density at radius 2 is 1.80 bits per heavy atom. The SMILES string of the molecule is CCCN1C(=O)C(=O)N(C[NH+](C)CC(=O)Nc2ccccc2Cl)C1=O. The lowest BCUT2D eigenvalue weighted by Crippen LogP contribution is -3.11. The Hall–Kier alpha value is -2.45. The van der Waals surface area contributed by atoms with Crippen LogP contribution in [0.3, 0.4) is 0 Å². The molecule has 25 heavy (non-hydrogen) atoms. The Morgan fingerprint density at radius 1 is 1.16 bits per heavy atom. The molecule has 0 aliphatic carbocycles. The number of carbonyl (C=O) groups is 4. The van der Waals surface area contributed by atoms with Crippen molar-refractivity contribution in [2.45, 2.75) is 13.3 Å². The van der Waals surface area contributed by atoms with Crippen LogP contribution in [0.1, 0.15) is 13.3 Å². The van der Waals surface area contributed by atoms with E-state index in [0.717, 1.165) is 9.80 Å². The van der Waals surface area contributed by atoms with E-state index >= 15 is 0 Å². The number of hydrogen-bond acceptors (Lipinski definition) is 4. The van der Waals surface area contributed by atoms with E-state index in [4.69, 9.17) is 11.6 Å². The Balaban J connectivity index is 1.93. The number of nitrogens with zero attached hydrogens (tertiary/aromatic N) is 2. The summed E-state index contributed by atoms with van der Waals surface area (Å²) in [5.74, 6) is -1.99. The molecule has 0 aromatic heterocycles. The molecular weight excluding hydrogens is 348 g/mol. The molecule has 0 saturated carbocycles. The van der Waals surface area contributed by atoms with Crippen LogP contribution in [0.15, 0.2) is 24.3 Å². The molecule has 1 unspecified atom stereocenters. The largest absolute Gasteiger partial charge is 0.338 e. The molecule has 1 aliphatic heterocycles. The zero-order valence-corrected chi connectivity index (χ0v) is 14.8. The van der Waals surface area contributed by atoms with Crippen LogP contribution in [0.5, 0.6) is 0 Å². The van der Waals surface area contributed by atoms with Crippen LogP contribution >= 0.6 is 11.6 Å². The van der Waals surface area contributed by atoms with Gasteiger partial charge in [-0.15, -0.1) is 0 Å². The first kappa shape index (κ1) is 18.9. The van der Waals surface area contributed by atoms with Gasteiger partial charge in [-0.25, -0.2) is 9.69 Å². The van der Waals surface area contributed by atoms with Crippen LogP contribution in [0.2, 0.25) is 5.02 Å². The van der Waals surface area contributed by atoms with Gasteiger partial charge in [-0.2, -0.15) is 0 Å². The maximum absolute atomic E-state index is 12.2. The fraction of sp³-hybridized carbons (Fsp3) is 0.375. The number of imide groups is 2. The van der Waals surface area contributed by atoms with Gasteiger partial charge in [0.1, 0.15) is 0 Å². The van der Waals surface area contributed by atoms with E-state index in [1.165, 1.54) is 0 Å². The molecule has 2 rings (SSSR count). The maximum atomic E-state index is 12.2. The summed E-state index contributed by atoms with van der Waals surface area (Å²) in [6.07, 6.45) is 0.571. The minimum Gasteiger partial charge on any atom is -0.320 e. The van der Waals surface area contributed by atoms with Gasteiger partial charge >= 0.3 is 17.8 Å². The lowest BCUT2D eigenvalue weighted by Gasteiger charge is -2.19. The lowest BCUT2D eigenvalue weighted by molar-refractivity contribution is -0.878. The highest BCUT2D eigenvalue weighted by Crippen LogP contribution is 2.19. The summed E-state index contributed by atoms with van der Waals surface area (Å²) in [7, 11) is 1.65. The van der Waals surface area contributed by atoms with E-state index in [9.17, 15) is 19.2 Å². The topological polar surface area (TPSA) is 91.2 Å². The van der Waals surface area contributed by atoms with Crippen molar-refractivity contribution >= 4 is 41.0 Å². The summed E-state index contributed by atoms with van der Waals surface area (Å²) in [4.78, 5) is 50.4. The number of rotatable bonds is 7. The molecule has 0 radical (unpaired) electrons. The number of halogens is 1. The standard InChI is InChI=1S/C16H19ClN4O4/c1-3-8-20-14(23)15(24)21(16(20)25)10-19(2)9-13(22)18-12-7-5-4-6-11(12)17/h4-7H,3,8-10H2,1-2H3,(H,18,22)/p+1. The van der Waals surface area contributed by atoms with E-state index in [2.05, 4.69) is 5.32 Å². The summed E-state index contributed by atoms with van der Waals surface area (Å²) in [6.45, 7) is 1.94. The smallest absolute Gasteiger partial charge is 0.320 e. The summed E-state index contributed by atoms with van der Waals surface area (Å²) in [6, 6.07) is 6.18. The number of amides is 5. The number of benzene rings is 1. The average Bonchev–Trinajstić information content (AvgIpc) is 2.75. The van der Waals surface area contributed by atoms with Gasteiger partial charge in [0.2, 0.25) is 0 Å². The van der Waals surface area contributed by atoms with Crippen LogP contribution in [-0.4, -0.2) is 60.4 Å². The molecule has 1 aliphatic rings. The number of urea groups is 1. The predicted octanol–water partition coefficient (Wildman–Crippen LogP) is -0.0485. The van der Waals surface area contributed by atoms with E-state index in [1.54, 1.807) is 31.3 Å². The van der Waals surface area contributed by atoms with E-state index in [1.807, 2.05) is 6.92 Å². The van der Waals surface area contributed by atoms with Gasteiger partial charge in [0.25, 0.3) is 5.91 Å². The van der Waals surface area contributed by atoms with E-state index in [-0.39, 0.29) is 25.7 Å². The molecule has 8 nitrogen and oxygen atoms in total. The molecule has 134 valence electrons. The molecular formula is C16H20ClN4O4+. The minimum atomic E-state index is -0.857. The Bertz CT molecular complexity index is 709. The highest BCUT2D eigenvalue weighted by Gasteiger charge is 2.45. The predicted molar refractivity (Wildman–Crippen MR) is 90.9 cm³/mol. The van der Waals surface area contributed by atoms with Crippen molar-refractivity contribution in [3.63, 3.8) is 0 Å². The Kier molecular flexibility index (Phi) is 6.11. The monoisotopic (exact) mass is 367 g/mol. The van der Waals surface area contributed by atoms with Crippen molar-refractivity contribution in [1.29, 1.82) is 0 Å². The quantitative estimate of drug-likeness (QED) is 0.522. The van der Waals surface area contributed by atoms with Gasteiger partial charge in [0, 0.05) is 6.54 Å². The first-order valence-corrected chi connectivity index (χ1v) is 8.26. The molecule has 1 saturated heterocycles. The second kappa shape index (κ2) is 8.09. The molecule has 1 fully saturated rings. The second-order valence-corrected chi connectivity index (χ2v) is 6.20. The molecule has 0 spiro atoms. The highest BCUT2D eigenvalue weighted by atomic mass is 35.5. The van der Waals surface area contributed by atoms with Crippen LogP contribution in [0, 0.1) is 0 Å². The summed E-state index contributed by atoms with van der Waals surface area (Å²) >= 11 is 5.98. The number of hydrogen-bond donors (Lipinski definition) is 2. The summed E-state index contributed by atoms with van der Waals surface area (Å²) in [5.41, 5.74) is 0.486. The van der Waals surface area contributed by atoms with Crippen LogP contribution < -0.4 is 10.2 Å². The molecule has 1 atom stereocenters. The molecule has 0 bridgehead atoms. The number of carbonyl (C=O) groups excluding carboxylic acids is 4. The van der Waals surface area contributed by atoms with Gasteiger partial charge in [-0.3, -0.25) is 19.3 Å². The van der Waals surface area contributed by atoms with Gasteiger partial charge in [0.05, 0.1) is 17.8 Å². The fourth-order valence-corrected chi connectivity index (χ4v) is 2.65. The number of nitrogens with one attached hydrogen (secondary N) is 2. The third-order valence-electron chi connectivity index (χ3n) is 3.62. The molecule has 9 heteroatoms. The lowest BCUT2D eigenvalue weighted by atomic mass is 10.3. The number of para-hydroxylation sites is 1. The van der Waals surface area contributed by atoms with Crippen molar-refractivity contribution < 1.29 is 24.1 Å². The van der Waals surface area contributed by atoms with Gasteiger partial charge in [-0.05, 0) is 18.6 Å². The zero-order valence-electron chi connectivity index (χ0n) is 14.0. The molecule has 1 aromatic rings. The third-order valence-corrected chi connectivity index (χ3v) is 3.95. The number of quaternary nitrogens is 1. The molecule has 2 N–H and O–H groups in total. The van der Waals surface area contributed by atoms with Crippen molar-refractivity contribution in [2.24, 2.45) is 0 Å². The van der Waals surface area contributed by atoms with Crippen LogP contribution in [0.25, 0.3) is 0 Å². The van der Waals surface area contributed by atoms with E-state index in [0.29, 0.717) is 22.0 Å². The summed E-state index contributed by atoms with van der Waals surface area (Å²) in [5, 5.41) is 3.08. The highest BCUT2D eigenvalue weighted by molar-refractivity contribution is 6.44. The Morgan fingerprint density at radius 3 is 2.44 bits per heavy atom. The zero-order chi connectivity index (χ0) is 18.6. The van der Waals surface area contributed by atoms with Gasteiger partial charge < -0.3 is 10.2 Å². The van der Waals surface area contributed by atoms with Gasteiger partial charge in [0.15, 0.2) is 13.2 Å². The minimum absolute atomic E-state index is 0.00422. The molecule has 1 aromatic carbocycles.